The molecule has 0 fully saturated rings. The lowest BCUT2D eigenvalue weighted by Crippen LogP contribution is -2.17. The molecule has 0 aromatic carbocycles. The quantitative estimate of drug-likeness (QED) is 0.584. The lowest BCUT2D eigenvalue weighted by atomic mass is 10.2. The number of hydrogen-bond acceptors (Lipinski definition) is 4. The van der Waals surface area contributed by atoms with Gasteiger partial charge in [-0.3, -0.25) is 0 Å². The van der Waals surface area contributed by atoms with Crippen molar-refractivity contribution in [3.8, 4) is 0 Å². The maximum absolute atomic E-state index is 5.25. The first-order valence-electron chi connectivity index (χ1n) is 4.43. The Morgan fingerprint density at radius 2 is 2.38 bits per heavy atom. The fraction of sp³-hybridized carbons (Fsp3) is 0.667. The summed E-state index contributed by atoms with van der Waals surface area (Å²) in [6.45, 7) is 7.76. The predicted octanol–water partition coefficient (Wildman–Crippen LogP) is 2.13. The summed E-state index contributed by atoms with van der Waals surface area (Å²) in [5.74, 6) is 0.565. The Morgan fingerprint density at radius 3 is 2.92 bits per heavy atom. The second-order valence-corrected chi connectivity index (χ2v) is 4.33. The lowest BCUT2D eigenvalue weighted by molar-refractivity contribution is 0.0200. The van der Waals surface area contributed by atoms with E-state index in [-0.39, 0.29) is 0 Å². The molecule has 0 aliphatic rings. The zero-order chi connectivity index (χ0) is 9.68. The molecule has 0 saturated carbocycles. The fourth-order valence-electron chi connectivity index (χ4n) is 0.838. The van der Waals surface area contributed by atoms with E-state index in [4.69, 9.17) is 4.84 Å². The van der Waals surface area contributed by atoms with Crippen LogP contribution in [0, 0.1) is 12.8 Å². The van der Waals surface area contributed by atoms with Crippen LogP contribution in [-0.2, 0) is 11.4 Å². The van der Waals surface area contributed by atoms with E-state index in [1.807, 2.05) is 12.4 Å². The molecule has 1 heterocycles. The summed E-state index contributed by atoms with van der Waals surface area (Å²) in [6, 6.07) is 0. The highest BCUT2D eigenvalue weighted by Gasteiger charge is 2.00. The minimum absolute atomic E-state index is 0.565. The number of aromatic nitrogens is 1. The van der Waals surface area contributed by atoms with Crippen molar-refractivity contribution in [2.45, 2.75) is 27.3 Å². The molecule has 0 radical (unpaired) electrons. The van der Waals surface area contributed by atoms with E-state index in [0.717, 1.165) is 18.8 Å². The Bertz CT molecular complexity index is 248. The number of aryl methyl sites for hydroxylation is 1. The maximum atomic E-state index is 5.25. The Morgan fingerprint density at radius 1 is 1.62 bits per heavy atom. The SMILES string of the molecule is Cc1ncsc1CNOCC(C)C. The Hall–Kier alpha value is -0.450. The van der Waals surface area contributed by atoms with Crippen molar-refractivity contribution >= 4 is 11.3 Å². The van der Waals surface area contributed by atoms with E-state index >= 15 is 0 Å². The summed E-state index contributed by atoms with van der Waals surface area (Å²) < 4.78 is 0. The molecular formula is C9H16N2OS. The van der Waals surface area contributed by atoms with Crippen molar-refractivity contribution in [2.24, 2.45) is 5.92 Å². The van der Waals surface area contributed by atoms with Crippen LogP contribution in [0.2, 0.25) is 0 Å². The van der Waals surface area contributed by atoms with Crippen LogP contribution in [0.1, 0.15) is 24.4 Å². The third kappa shape index (κ3) is 3.85. The number of hydroxylamine groups is 1. The molecule has 0 unspecified atom stereocenters. The molecule has 1 rings (SSSR count). The average molecular weight is 200 g/mol. The predicted molar refractivity (Wildman–Crippen MR) is 54.5 cm³/mol. The van der Waals surface area contributed by atoms with Crippen LogP contribution in [0.3, 0.4) is 0 Å². The zero-order valence-corrected chi connectivity index (χ0v) is 9.15. The second kappa shape index (κ2) is 5.32. The van der Waals surface area contributed by atoms with E-state index in [9.17, 15) is 0 Å². The van der Waals surface area contributed by atoms with Gasteiger partial charge in [-0.1, -0.05) is 13.8 Å². The molecule has 0 atom stereocenters. The fourth-order valence-corrected chi connectivity index (χ4v) is 1.54. The summed E-state index contributed by atoms with van der Waals surface area (Å²) in [6.07, 6.45) is 0. The van der Waals surface area contributed by atoms with Crippen LogP contribution in [0.15, 0.2) is 5.51 Å². The van der Waals surface area contributed by atoms with Gasteiger partial charge in [0.1, 0.15) is 0 Å². The molecule has 1 aromatic heterocycles. The first-order valence-corrected chi connectivity index (χ1v) is 5.31. The molecule has 0 spiro atoms. The summed E-state index contributed by atoms with van der Waals surface area (Å²) in [7, 11) is 0. The van der Waals surface area contributed by atoms with E-state index in [2.05, 4.69) is 24.3 Å². The molecular weight excluding hydrogens is 184 g/mol. The minimum atomic E-state index is 0.565. The van der Waals surface area contributed by atoms with Gasteiger partial charge in [0.2, 0.25) is 0 Å². The highest BCUT2D eigenvalue weighted by Crippen LogP contribution is 2.10. The van der Waals surface area contributed by atoms with Crippen molar-refractivity contribution in [1.29, 1.82) is 0 Å². The van der Waals surface area contributed by atoms with E-state index in [1.165, 1.54) is 4.88 Å². The number of rotatable bonds is 5. The van der Waals surface area contributed by atoms with Gasteiger partial charge >= 0.3 is 0 Å². The monoisotopic (exact) mass is 200 g/mol. The number of nitrogens with zero attached hydrogens (tertiary/aromatic N) is 1. The van der Waals surface area contributed by atoms with E-state index in [1.54, 1.807) is 11.3 Å². The normalized spacial score (nSPS) is 11.1. The molecule has 1 aromatic rings. The van der Waals surface area contributed by atoms with Crippen LogP contribution in [0.25, 0.3) is 0 Å². The first kappa shape index (κ1) is 10.6. The van der Waals surface area contributed by atoms with Crippen LogP contribution >= 0.6 is 11.3 Å². The van der Waals surface area contributed by atoms with Crippen LogP contribution in [0.5, 0.6) is 0 Å². The average Bonchev–Trinajstić information content (AvgIpc) is 2.45. The van der Waals surface area contributed by atoms with Crippen LogP contribution in [0.4, 0.5) is 0 Å². The number of hydrogen-bond donors (Lipinski definition) is 1. The van der Waals surface area contributed by atoms with Gasteiger partial charge in [0.15, 0.2) is 0 Å². The van der Waals surface area contributed by atoms with Crippen LogP contribution in [-0.4, -0.2) is 11.6 Å². The molecule has 0 aliphatic carbocycles. The molecule has 4 heteroatoms. The summed E-state index contributed by atoms with van der Waals surface area (Å²) in [5.41, 5.74) is 5.87. The van der Waals surface area contributed by atoms with Crippen molar-refractivity contribution in [1.82, 2.24) is 10.5 Å². The molecule has 0 bridgehead atoms. The third-order valence-electron chi connectivity index (χ3n) is 1.60. The van der Waals surface area contributed by atoms with Gasteiger partial charge in [-0.2, -0.15) is 5.48 Å². The van der Waals surface area contributed by atoms with E-state index in [0.29, 0.717) is 5.92 Å². The summed E-state index contributed by atoms with van der Waals surface area (Å²) in [4.78, 5) is 10.6. The molecule has 74 valence electrons. The van der Waals surface area contributed by atoms with Gasteiger partial charge in [0.25, 0.3) is 0 Å². The molecule has 0 saturated heterocycles. The Labute approximate surface area is 83.1 Å². The maximum Gasteiger partial charge on any atom is 0.0798 e. The Kier molecular flexibility index (Phi) is 4.35. The molecule has 13 heavy (non-hydrogen) atoms. The summed E-state index contributed by atoms with van der Waals surface area (Å²) >= 11 is 1.65. The van der Waals surface area contributed by atoms with Crippen molar-refractivity contribution in [2.75, 3.05) is 6.61 Å². The smallest absolute Gasteiger partial charge is 0.0798 e. The molecule has 0 amide bonds. The Balaban J connectivity index is 2.17. The molecule has 0 aliphatic heterocycles. The van der Waals surface area contributed by atoms with Crippen molar-refractivity contribution in [3.05, 3.63) is 16.1 Å². The lowest BCUT2D eigenvalue weighted by Gasteiger charge is -2.06. The van der Waals surface area contributed by atoms with Gasteiger partial charge in [0, 0.05) is 4.88 Å². The topological polar surface area (TPSA) is 34.2 Å². The molecule has 1 N–H and O–H groups in total. The van der Waals surface area contributed by atoms with Gasteiger partial charge < -0.3 is 4.84 Å². The largest absolute Gasteiger partial charge is 0.301 e. The first-order chi connectivity index (χ1) is 6.20. The van der Waals surface area contributed by atoms with Gasteiger partial charge in [0.05, 0.1) is 24.4 Å². The van der Waals surface area contributed by atoms with Crippen molar-refractivity contribution < 1.29 is 4.84 Å². The third-order valence-corrected chi connectivity index (χ3v) is 2.53. The van der Waals surface area contributed by atoms with Crippen molar-refractivity contribution in [3.63, 3.8) is 0 Å². The highest BCUT2D eigenvalue weighted by atomic mass is 32.1. The van der Waals surface area contributed by atoms with Gasteiger partial charge in [-0.15, -0.1) is 11.3 Å². The van der Waals surface area contributed by atoms with E-state index < -0.39 is 0 Å². The standard InChI is InChI=1S/C9H16N2OS/c1-7(2)5-12-11-4-9-8(3)10-6-13-9/h6-7,11H,4-5H2,1-3H3. The van der Waals surface area contributed by atoms with Gasteiger partial charge in [-0.05, 0) is 12.8 Å². The summed E-state index contributed by atoms with van der Waals surface area (Å²) in [5, 5.41) is 0. The minimum Gasteiger partial charge on any atom is -0.301 e. The zero-order valence-electron chi connectivity index (χ0n) is 8.33. The van der Waals surface area contributed by atoms with Gasteiger partial charge in [-0.25, -0.2) is 4.98 Å². The van der Waals surface area contributed by atoms with Crippen LogP contribution < -0.4 is 5.48 Å². The number of thiazole rings is 1. The molecule has 3 nitrogen and oxygen atoms in total. The highest BCUT2D eigenvalue weighted by molar-refractivity contribution is 7.09. The number of nitrogens with one attached hydrogen (secondary N) is 1. The second-order valence-electron chi connectivity index (χ2n) is 3.39.